The largest absolute Gasteiger partial charge is 0.393 e. The molecule has 0 bridgehead atoms. The molecule has 18 heavy (non-hydrogen) atoms. The summed E-state index contributed by atoms with van der Waals surface area (Å²) in [4.78, 5) is 0. The van der Waals surface area contributed by atoms with Crippen molar-refractivity contribution in [3.8, 4) is 0 Å². The van der Waals surface area contributed by atoms with Crippen LogP contribution in [0, 0.1) is 0 Å². The number of fused-ring (bicyclic) bond motifs is 1. The van der Waals surface area contributed by atoms with E-state index in [1.807, 2.05) is 23.1 Å². The van der Waals surface area contributed by atoms with Gasteiger partial charge in [0.2, 0.25) is 0 Å². The van der Waals surface area contributed by atoms with Gasteiger partial charge in [0.25, 0.3) is 0 Å². The molecule has 1 aromatic rings. The Labute approximate surface area is 117 Å². The summed E-state index contributed by atoms with van der Waals surface area (Å²) in [7, 11) is 0. The van der Waals surface area contributed by atoms with Crippen molar-refractivity contribution in [2.24, 2.45) is 0 Å². The minimum Gasteiger partial charge on any atom is -0.393 e. The second kappa shape index (κ2) is 5.53. The Morgan fingerprint density at radius 3 is 2.83 bits per heavy atom. The Kier molecular flexibility index (Phi) is 3.99. The maximum atomic E-state index is 9.57. The highest BCUT2D eigenvalue weighted by atomic mass is 32.2. The van der Waals surface area contributed by atoms with Gasteiger partial charge in [-0.3, -0.25) is 0 Å². The predicted molar refractivity (Wildman–Crippen MR) is 78.4 cm³/mol. The fourth-order valence-electron chi connectivity index (χ4n) is 3.03. The van der Waals surface area contributed by atoms with Gasteiger partial charge in [0.15, 0.2) is 0 Å². The van der Waals surface area contributed by atoms with E-state index in [2.05, 4.69) is 23.7 Å². The number of thioether (sulfide) groups is 1. The topological polar surface area (TPSA) is 32.3 Å². The molecule has 2 N–H and O–H groups in total. The van der Waals surface area contributed by atoms with Crippen LogP contribution in [-0.4, -0.2) is 22.5 Å². The van der Waals surface area contributed by atoms with Crippen molar-refractivity contribution in [3.63, 3.8) is 0 Å². The highest BCUT2D eigenvalue weighted by molar-refractivity contribution is 8.01. The van der Waals surface area contributed by atoms with E-state index < -0.39 is 0 Å². The van der Waals surface area contributed by atoms with E-state index in [4.69, 9.17) is 0 Å². The lowest BCUT2D eigenvalue weighted by atomic mass is 9.91. The summed E-state index contributed by atoms with van der Waals surface area (Å²) in [6.07, 6.45) is 5.35. The van der Waals surface area contributed by atoms with E-state index in [1.54, 1.807) is 0 Å². The van der Waals surface area contributed by atoms with E-state index in [0.717, 1.165) is 25.7 Å². The Morgan fingerprint density at radius 2 is 2.06 bits per heavy atom. The van der Waals surface area contributed by atoms with Crippen molar-refractivity contribution in [2.75, 3.05) is 0 Å². The molecular formula is C14H21NOS2. The minimum absolute atomic E-state index is 0.0550. The molecule has 2 heterocycles. The Hall–Kier alpha value is -0.0300. The van der Waals surface area contributed by atoms with Gasteiger partial charge in [-0.1, -0.05) is 6.92 Å². The van der Waals surface area contributed by atoms with E-state index in [1.165, 1.54) is 16.2 Å². The number of thiophene rings is 1. The van der Waals surface area contributed by atoms with E-state index in [9.17, 15) is 5.11 Å². The zero-order chi connectivity index (χ0) is 12.5. The summed E-state index contributed by atoms with van der Waals surface area (Å²) in [5.74, 6) is 0. The summed E-state index contributed by atoms with van der Waals surface area (Å²) in [6.45, 7) is 2.33. The normalized spacial score (nSPS) is 36.3. The summed E-state index contributed by atoms with van der Waals surface area (Å²) in [5, 5.41) is 16.3. The first-order valence-electron chi connectivity index (χ1n) is 6.90. The average molecular weight is 283 g/mol. The molecule has 0 aromatic carbocycles. The number of aliphatic hydroxyl groups excluding tert-OH is 1. The molecule has 1 fully saturated rings. The summed E-state index contributed by atoms with van der Waals surface area (Å²) in [5.41, 5.74) is 1.51. The molecule has 2 atom stereocenters. The van der Waals surface area contributed by atoms with Crippen LogP contribution in [0.25, 0.3) is 0 Å². The SMILES string of the molecule is C[C@H]1CC(NC2CCC(O)CC2)c2ccsc2S1. The van der Waals surface area contributed by atoms with E-state index >= 15 is 0 Å². The van der Waals surface area contributed by atoms with Crippen LogP contribution in [0.2, 0.25) is 0 Å². The second-order valence-electron chi connectivity index (χ2n) is 5.55. The summed E-state index contributed by atoms with van der Waals surface area (Å²) in [6, 6.07) is 3.41. The van der Waals surface area contributed by atoms with Gasteiger partial charge < -0.3 is 10.4 Å². The van der Waals surface area contributed by atoms with Crippen LogP contribution in [0.5, 0.6) is 0 Å². The van der Waals surface area contributed by atoms with Crippen molar-refractivity contribution in [2.45, 2.75) is 66.7 Å². The molecule has 1 saturated carbocycles. The molecule has 0 spiro atoms. The zero-order valence-electron chi connectivity index (χ0n) is 10.8. The smallest absolute Gasteiger partial charge is 0.0649 e. The molecule has 2 aliphatic rings. The number of hydrogen-bond donors (Lipinski definition) is 2. The van der Waals surface area contributed by atoms with Crippen molar-refractivity contribution in [1.82, 2.24) is 5.32 Å². The number of nitrogens with one attached hydrogen (secondary N) is 1. The zero-order valence-corrected chi connectivity index (χ0v) is 12.4. The maximum absolute atomic E-state index is 9.57. The van der Waals surface area contributed by atoms with E-state index in [-0.39, 0.29) is 6.10 Å². The molecule has 4 heteroatoms. The van der Waals surface area contributed by atoms with Gasteiger partial charge in [0.1, 0.15) is 0 Å². The van der Waals surface area contributed by atoms with E-state index in [0.29, 0.717) is 17.3 Å². The Bertz CT molecular complexity index is 398. The van der Waals surface area contributed by atoms with Gasteiger partial charge in [0.05, 0.1) is 10.3 Å². The third-order valence-corrected chi connectivity index (χ3v) is 6.39. The highest BCUT2D eigenvalue weighted by Crippen LogP contribution is 2.44. The van der Waals surface area contributed by atoms with Crippen LogP contribution in [0.15, 0.2) is 15.7 Å². The van der Waals surface area contributed by atoms with Gasteiger partial charge in [-0.05, 0) is 49.1 Å². The molecule has 100 valence electrons. The average Bonchev–Trinajstić information content (AvgIpc) is 2.80. The molecule has 1 unspecified atom stereocenters. The molecule has 0 radical (unpaired) electrons. The van der Waals surface area contributed by atoms with Gasteiger partial charge >= 0.3 is 0 Å². The first-order valence-corrected chi connectivity index (χ1v) is 8.66. The summed E-state index contributed by atoms with van der Waals surface area (Å²) < 4.78 is 1.50. The van der Waals surface area contributed by atoms with Gasteiger partial charge in [0, 0.05) is 17.3 Å². The maximum Gasteiger partial charge on any atom is 0.0649 e. The van der Waals surface area contributed by atoms with Crippen molar-refractivity contribution < 1.29 is 5.11 Å². The highest BCUT2D eigenvalue weighted by Gasteiger charge is 2.29. The van der Waals surface area contributed by atoms with Crippen LogP contribution in [0.4, 0.5) is 0 Å². The first-order chi connectivity index (χ1) is 8.72. The van der Waals surface area contributed by atoms with Crippen LogP contribution in [-0.2, 0) is 0 Å². The Balaban J connectivity index is 1.66. The molecule has 0 saturated heterocycles. The molecule has 1 aliphatic carbocycles. The summed E-state index contributed by atoms with van der Waals surface area (Å²) >= 11 is 3.90. The third kappa shape index (κ3) is 2.77. The Morgan fingerprint density at radius 1 is 1.28 bits per heavy atom. The molecule has 3 rings (SSSR count). The van der Waals surface area contributed by atoms with Gasteiger partial charge in [-0.15, -0.1) is 23.1 Å². The molecule has 0 amide bonds. The van der Waals surface area contributed by atoms with Crippen molar-refractivity contribution >= 4 is 23.1 Å². The molecule has 2 nitrogen and oxygen atoms in total. The quantitative estimate of drug-likeness (QED) is 0.870. The lowest BCUT2D eigenvalue weighted by molar-refractivity contribution is 0.113. The second-order valence-corrected chi connectivity index (χ2v) is 8.18. The fourth-order valence-corrected chi connectivity index (χ4v) is 5.60. The van der Waals surface area contributed by atoms with Crippen molar-refractivity contribution in [3.05, 3.63) is 17.0 Å². The minimum atomic E-state index is -0.0550. The number of aliphatic hydroxyl groups is 1. The van der Waals surface area contributed by atoms with Crippen LogP contribution in [0.3, 0.4) is 0 Å². The van der Waals surface area contributed by atoms with Crippen molar-refractivity contribution in [1.29, 1.82) is 0 Å². The van der Waals surface area contributed by atoms with Crippen LogP contribution < -0.4 is 5.32 Å². The predicted octanol–water partition coefficient (Wildman–Crippen LogP) is 3.57. The molecule has 1 aliphatic heterocycles. The third-order valence-electron chi connectivity index (χ3n) is 4.04. The number of rotatable bonds is 2. The number of hydrogen-bond acceptors (Lipinski definition) is 4. The van der Waals surface area contributed by atoms with Crippen LogP contribution >= 0.6 is 23.1 Å². The van der Waals surface area contributed by atoms with Gasteiger partial charge in [-0.25, -0.2) is 0 Å². The molecular weight excluding hydrogens is 262 g/mol. The van der Waals surface area contributed by atoms with Gasteiger partial charge in [-0.2, -0.15) is 0 Å². The standard InChI is InChI=1S/C14H21NOS2/c1-9-8-13(12-6-7-17-14(12)18-9)15-10-2-4-11(16)5-3-10/h6-7,9-11,13,15-16H,2-5,8H2,1H3/t9-,10?,11?,13?/m0/s1. The van der Waals surface area contributed by atoms with Crippen LogP contribution in [0.1, 0.15) is 50.6 Å². The lowest BCUT2D eigenvalue weighted by Gasteiger charge is -2.34. The fraction of sp³-hybridized carbons (Fsp3) is 0.714. The first kappa shape index (κ1) is 13.0. The lowest BCUT2D eigenvalue weighted by Crippen LogP contribution is -2.38. The molecule has 1 aromatic heterocycles. The monoisotopic (exact) mass is 283 g/mol.